The highest BCUT2D eigenvalue weighted by Gasteiger charge is 2.29. The molecule has 0 unspecified atom stereocenters. The zero-order valence-electron chi connectivity index (χ0n) is 21.2. The Bertz CT molecular complexity index is 982. The number of piperidine rings is 2. The Morgan fingerprint density at radius 1 is 0.737 bits per heavy atom. The van der Waals surface area contributed by atoms with E-state index >= 15 is 0 Å². The molecular formula is C28H33ClN2O7. The number of hydrogen-bond acceptors (Lipinski definition) is 6. The van der Waals surface area contributed by atoms with E-state index in [0.29, 0.717) is 32.5 Å². The van der Waals surface area contributed by atoms with Crippen molar-refractivity contribution in [3.63, 3.8) is 0 Å². The maximum absolute atomic E-state index is 11.9. The van der Waals surface area contributed by atoms with E-state index in [4.69, 9.17) is 26.2 Å². The summed E-state index contributed by atoms with van der Waals surface area (Å²) in [6, 6.07) is 18.9. The SMILES string of the molecule is O=C(Cl)[C@H]1CCCN(C(=O)OCc2ccccc2)C1.O=C(O)[C@H]1CCCN(C(=O)OCc2ccccc2)C1. The summed E-state index contributed by atoms with van der Waals surface area (Å²) in [4.78, 5) is 48.8. The zero-order chi connectivity index (χ0) is 27.3. The van der Waals surface area contributed by atoms with E-state index in [9.17, 15) is 19.2 Å². The largest absolute Gasteiger partial charge is 0.481 e. The predicted octanol–water partition coefficient (Wildman–Crippen LogP) is 4.92. The predicted molar refractivity (Wildman–Crippen MR) is 140 cm³/mol. The van der Waals surface area contributed by atoms with Gasteiger partial charge in [-0.1, -0.05) is 60.7 Å². The minimum absolute atomic E-state index is 0.216. The van der Waals surface area contributed by atoms with Crippen molar-refractivity contribution in [3.05, 3.63) is 71.8 Å². The first-order chi connectivity index (χ1) is 18.3. The van der Waals surface area contributed by atoms with E-state index in [2.05, 4.69) is 0 Å². The molecule has 10 heteroatoms. The van der Waals surface area contributed by atoms with Gasteiger partial charge in [-0.05, 0) is 48.4 Å². The minimum atomic E-state index is -0.847. The first-order valence-corrected chi connectivity index (χ1v) is 13.0. The first-order valence-electron chi connectivity index (χ1n) is 12.7. The molecule has 2 amide bonds. The van der Waals surface area contributed by atoms with Crippen LogP contribution in [0.15, 0.2) is 60.7 Å². The van der Waals surface area contributed by atoms with E-state index in [1.165, 1.54) is 4.90 Å². The first kappa shape index (κ1) is 29.0. The van der Waals surface area contributed by atoms with Crippen molar-refractivity contribution in [1.82, 2.24) is 9.80 Å². The molecule has 0 saturated carbocycles. The number of rotatable bonds is 6. The van der Waals surface area contributed by atoms with Crippen LogP contribution in [0.2, 0.25) is 0 Å². The normalized spacial score (nSPS) is 19.0. The van der Waals surface area contributed by atoms with Crippen molar-refractivity contribution in [1.29, 1.82) is 0 Å². The van der Waals surface area contributed by atoms with Crippen molar-refractivity contribution < 1.29 is 33.8 Å². The van der Waals surface area contributed by atoms with E-state index in [0.717, 1.165) is 24.0 Å². The summed E-state index contributed by atoms with van der Waals surface area (Å²) in [6.45, 7) is 2.24. The molecule has 2 saturated heterocycles. The number of hydrogen-bond donors (Lipinski definition) is 1. The van der Waals surface area contributed by atoms with Crippen LogP contribution >= 0.6 is 11.6 Å². The van der Waals surface area contributed by atoms with Gasteiger partial charge in [-0.2, -0.15) is 0 Å². The lowest BCUT2D eigenvalue weighted by atomic mass is 9.99. The quantitative estimate of drug-likeness (QED) is 0.513. The van der Waals surface area contributed by atoms with Crippen LogP contribution in [0.4, 0.5) is 9.59 Å². The smallest absolute Gasteiger partial charge is 0.410 e. The van der Waals surface area contributed by atoms with Crippen LogP contribution in [-0.4, -0.2) is 64.5 Å². The molecule has 9 nitrogen and oxygen atoms in total. The van der Waals surface area contributed by atoms with Gasteiger partial charge in [-0.25, -0.2) is 9.59 Å². The molecule has 1 N–H and O–H groups in total. The number of aliphatic carboxylic acids is 1. The second-order valence-electron chi connectivity index (χ2n) is 9.29. The summed E-state index contributed by atoms with van der Waals surface area (Å²) in [5.74, 6) is -1.58. The van der Waals surface area contributed by atoms with Gasteiger partial charge >= 0.3 is 18.2 Å². The topological polar surface area (TPSA) is 113 Å². The van der Waals surface area contributed by atoms with Gasteiger partial charge in [0.25, 0.3) is 0 Å². The molecule has 0 spiro atoms. The summed E-state index contributed by atoms with van der Waals surface area (Å²) < 4.78 is 10.4. The van der Waals surface area contributed by atoms with Crippen LogP contribution in [0.1, 0.15) is 36.8 Å². The van der Waals surface area contributed by atoms with Crippen molar-refractivity contribution in [2.45, 2.75) is 38.9 Å². The number of halogens is 1. The minimum Gasteiger partial charge on any atom is -0.481 e. The molecule has 0 aromatic heterocycles. The van der Waals surface area contributed by atoms with Crippen LogP contribution in [0.3, 0.4) is 0 Å². The molecule has 2 fully saturated rings. The Balaban J connectivity index is 0.000000211. The molecule has 0 radical (unpaired) electrons. The van der Waals surface area contributed by atoms with E-state index in [-0.39, 0.29) is 37.0 Å². The van der Waals surface area contributed by atoms with Crippen LogP contribution < -0.4 is 0 Å². The fourth-order valence-corrected chi connectivity index (χ4v) is 4.47. The summed E-state index contributed by atoms with van der Waals surface area (Å²) in [6.07, 6.45) is 2.03. The van der Waals surface area contributed by atoms with E-state index in [1.807, 2.05) is 60.7 Å². The molecule has 2 aromatic rings. The van der Waals surface area contributed by atoms with Gasteiger partial charge in [-0.15, -0.1) is 0 Å². The van der Waals surface area contributed by atoms with Crippen LogP contribution in [0.5, 0.6) is 0 Å². The number of likely N-dealkylation sites (tertiary alicyclic amines) is 2. The Kier molecular flexibility index (Phi) is 11.4. The number of carbonyl (C=O) groups excluding carboxylic acids is 3. The van der Waals surface area contributed by atoms with Crippen molar-refractivity contribution >= 4 is 35.0 Å². The average Bonchev–Trinajstić information content (AvgIpc) is 2.96. The van der Waals surface area contributed by atoms with Crippen molar-refractivity contribution in [2.24, 2.45) is 11.8 Å². The molecule has 2 atom stereocenters. The Morgan fingerprint density at radius 2 is 1.16 bits per heavy atom. The second kappa shape index (κ2) is 15.0. The fourth-order valence-electron chi connectivity index (χ4n) is 4.29. The maximum atomic E-state index is 11.9. The molecule has 2 aliphatic heterocycles. The molecule has 4 rings (SSSR count). The van der Waals surface area contributed by atoms with Crippen LogP contribution in [0.25, 0.3) is 0 Å². The molecule has 38 heavy (non-hydrogen) atoms. The van der Waals surface area contributed by atoms with Gasteiger partial charge in [0.1, 0.15) is 13.2 Å². The molecular weight excluding hydrogens is 512 g/mol. The highest BCUT2D eigenvalue weighted by molar-refractivity contribution is 6.64. The van der Waals surface area contributed by atoms with Crippen LogP contribution in [0, 0.1) is 11.8 Å². The summed E-state index contributed by atoms with van der Waals surface area (Å²) in [7, 11) is 0. The van der Waals surface area contributed by atoms with Gasteiger partial charge in [0.15, 0.2) is 0 Å². The number of amides is 2. The van der Waals surface area contributed by atoms with Gasteiger partial charge < -0.3 is 24.4 Å². The highest BCUT2D eigenvalue weighted by atomic mass is 35.5. The third-order valence-corrected chi connectivity index (χ3v) is 6.75. The zero-order valence-corrected chi connectivity index (χ0v) is 21.9. The lowest BCUT2D eigenvalue weighted by molar-refractivity contribution is -0.143. The number of carbonyl (C=O) groups is 4. The second-order valence-corrected chi connectivity index (χ2v) is 9.67. The molecule has 0 aliphatic carbocycles. The maximum Gasteiger partial charge on any atom is 0.410 e. The lowest BCUT2D eigenvalue weighted by Gasteiger charge is -2.30. The number of nitrogens with zero attached hydrogens (tertiary/aromatic N) is 2. The van der Waals surface area contributed by atoms with Gasteiger partial charge in [0.05, 0.1) is 11.8 Å². The number of benzene rings is 2. The third kappa shape index (κ3) is 9.37. The fraction of sp³-hybridized carbons (Fsp3) is 0.429. The average molecular weight is 545 g/mol. The molecule has 204 valence electrons. The third-order valence-electron chi connectivity index (χ3n) is 6.44. The Labute approximate surface area is 227 Å². The lowest BCUT2D eigenvalue weighted by Crippen LogP contribution is -2.42. The Hall–Kier alpha value is -3.59. The van der Waals surface area contributed by atoms with Crippen molar-refractivity contribution in [3.8, 4) is 0 Å². The molecule has 0 bridgehead atoms. The summed E-state index contributed by atoms with van der Waals surface area (Å²) >= 11 is 5.48. The Morgan fingerprint density at radius 3 is 1.58 bits per heavy atom. The molecule has 2 aliphatic rings. The van der Waals surface area contributed by atoms with Crippen LogP contribution in [-0.2, 0) is 32.3 Å². The van der Waals surface area contributed by atoms with Crippen molar-refractivity contribution in [2.75, 3.05) is 26.2 Å². The van der Waals surface area contributed by atoms with E-state index in [1.54, 1.807) is 4.90 Å². The number of carboxylic acids is 1. The number of ether oxygens (including phenoxy) is 2. The standard InChI is InChI=1S/C14H16ClNO3.C14H17NO4/c15-13(17)12-7-4-8-16(9-12)14(18)19-10-11-5-2-1-3-6-11;16-13(17)12-7-4-8-15(9-12)14(18)19-10-11-5-2-1-3-6-11/h1-3,5-6,12H,4,7-10H2;1-3,5-6,12H,4,7-10H2,(H,16,17)/t2*12-/m00/s1. The van der Waals surface area contributed by atoms with E-state index < -0.39 is 18.0 Å². The number of carboxylic acid groups (broad SMARTS) is 1. The van der Waals surface area contributed by atoms with Gasteiger partial charge in [0, 0.05) is 26.2 Å². The van der Waals surface area contributed by atoms with Gasteiger partial charge in [-0.3, -0.25) is 9.59 Å². The molecule has 2 aromatic carbocycles. The molecule has 2 heterocycles. The summed E-state index contributed by atoms with van der Waals surface area (Å²) in [5, 5.41) is 8.59. The monoisotopic (exact) mass is 544 g/mol. The summed E-state index contributed by atoms with van der Waals surface area (Å²) in [5.41, 5.74) is 1.86. The van der Waals surface area contributed by atoms with Gasteiger partial charge in [0.2, 0.25) is 5.24 Å². The highest BCUT2D eigenvalue weighted by Crippen LogP contribution is 2.20.